The predicted octanol–water partition coefficient (Wildman–Crippen LogP) is 1.92. The minimum absolute atomic E-state index is 0.0112. The Morgan fingerprint density at radius 3 is 2.50 bits per heavy atom. The molecule has 0 aliphatic rings. The van der Waals surface area contributed by atoms with E-state index in [1.165, 1.54) is 0 Å². The first-order chi connectivity index (χ1) is 4.85. The van der Waals surface area contributed by atoms with Gasteiger partial charge in [-0.3, -0.25) is 0 Å². The topological polar surface area (TPSA) is 47.9 Å². The fraction of sp³-hybridized carbons (Fsp3) is 1.00. The minimum atomic E-state index is 0.0112. The highest BCUT2D eigenvalue weighted by Crippen LogP contribution is 2.05. The lowest BCUT2D eigenvalue weighted by molar-refractivity contribution is -0.631. The molecule has 0 aliphatic carbocycles. The number of hydrogen-bond acceptors (Lipinski definition) is 4. The Bertz CT molecular complexity index is 66.8. The summed E-state index contributed by atoms with van der Waals surface area (Å²) < 4.78 is 0. The summed E-state index contributed by atoms with van der Waals surface area (Å²) in [6.07, 6.45) is 2.78. The van der Waals surface area contributed by atoms with Crippen molar-refractivity contribution in [3.8, 4) is 0 Å². The smallest absolute Gasteiger partial charge is 0.0959 e. The molecule has 0 spiro atoms. The van der Waals surface area contributed by atoms with Crippen LogP contribution < -0.4 is 0 Å². The molecule has 0 aromatic heterocycles. The largest absolute Gasteiger partial charge is 0.219 e. The SMILES string of the molecule is CCCC(CC)OOOO. The van der Waals surface area contributed by atoms with Gasteiger partial charge >= 0.3 is 0 Å². The van der Waals surface area contributed by atoms with Gasteiger partial charge in [0.15, 0.2) is 0 Å². The maximum Gasteiger partial charge on any atom is 0.0959 e. The van der Waals surface area contributed by atoms with Gasteiger partial charge in [-0.05, 0) is 22.9 Å². The predicted molar refractivity (Wildman–Crippen MR) is 34.9 cm³/mol. The molecule has 0 radical (unpaired) electrons. The van der Waals surface area contributed by atoms with Crippen molar-refractivity contribution >= 4 is 0 Å². The van der Waals surface area contributed by atoms with E-state index in [4.69, 9.17) is 5.26 Å². The molecule has 0 saturated heterocycles. The highest BCUT2D eigenvalue weighted by molar-refractivity contribution is 4.49. The molecule has 1 unspecified atom stereocenters. The molecule has 0 amide bonds. The first kappa shape index (κ1) is 9.84. The van der Waals surface area contributed by atoms with Gasteiger partial charge in [0.05, 0.1) is 6.10 Å². The molecule has 62 valence electrons. The van der Waals surface area contributed by atoms with E-state index in [2.05, 4.69) is 15.0 Å². The van der Waals surface area contributed by atoms with E-state index in [0.29, 0.717) is 0 Å². The summed E-state index contributed by atoms with van der Waals surface area (Å²) in [6.45, 7) is 4.02. The molecule has 1 N–H and O–H groups in total. The molecule has 0 saturated carbocycles. The van der Waals surface area contributed by atoms with Crippen LogP contribution in [0.4, 0.5) is 0 Å². The van der Waals surface area contributed by atoms with Crippen LogP contribution in [0.2, 0.25) is 0 Å². The Morgan fingerprint density at radius 1 is 1.40 bits per heavy atom. The normalized spacial score (nSPS) is 13.5. The van der Waals surface area contributed by atoms with Crippen molar-refractivity contribution in [2.45, 2.75) is 39.2 Å². The third kappa shape index (κ3) is 4.69. The molecular formula is C6H14O4. The summed E-state index contributed by atoms with van der Waals surface area (Å²) >= 11 is 0. The molecule has 4 heteroatoms. The van der Waals surface area contributed by atoms with Gasteiger partial charge in [0.1, 0.15) is 0 Å². The van der Waals surface area contributed by atoms with Crippen molar-refractivity contribution in [2.24, 2.45) is 0 Å². The van der Waals surface area contributed by atoms with Gasteiger partial charge in [-0.15, -0.1) is 0 Å². The second-order valence-electron chi connectivity index (χ2n) is 2.06. The summed E-state index contributed by atoms with van der Waals surface area (Å²) in [5.74, 6) is 0. The van der Waals surface area contributed by atoms with E-state index in [1.807, 2.05) is 13.8 Å². The van der Waals surface area contributed by atoms with Gasteiger partial charge < -0.3 is 0 Å². The van der Waals surface area contributed by atoms with Gasteiger partial charge in [0.2, 0.25) is 0 Å². The monoisotopic (exact) mass is 150 g/mol. The standard InChI is InChI=1S/C6H14O4/c1-3-5-6(4-2)8-10-9-7/h6-7H,3-5H2,1-2H3. The minimum Gasteiger partial charge on any atom is -0.219 e. The molecule has 10 heavy (non-hydrogen) atoms. The molecule has 0 bridgehead atoms. The molecule has 0 aliphatic heterocycles. The van der Waals surface area contributed by atoms with Crippen LogP contribution in [0, 0.1) is 0 Å². The first-order valence-electron chi connectivity index (χ1n) is 3.48. The van der Waals surface area contributed by atoms with E-state index < -0.39 is 0 Å². The molecule has 0 rings (SSSR count). The van der Waals surface area contributed by atoms with Crippen LogP contribution in [-0.4, -0.2) is 11.4 Å². The molecule has 0 aromatic carbocycles. The Labute approximate surface area is 60.5 Å². The third-order valence-corrected chi connectivity index (χ3v) is 1.27. The van der Waals surface area contributed by atoms with E-state index in [1.54, 1.807) is 0 Å². The van der Waals surface area contributed by atoms with Crippen LogP contribution >= 0.6 is 0 Å². The zero-order valence-corrected chi connectivity index (χ0v) is 6.37. The Kier molecular flexibility index (Phi) is 6.84. The van der Waals surface area contributed by atoms with Gasteiger partial charge in [0.25, 0.3) is 0 Å². The van der Waals surface area contributed by atoms with Crippen molar-refractivity contribution < 1.29 is 20.2 Å². The van der Waals surface area contributed by atoms with Crippen molar-refractivity contribution in [2.75, 3.05) is 0 Å². The maximum absolute atomic E-state index is 7.73. The maximum atomic E-state index is 7.73. The lowest BCUT2D eigenvalue weighted by Gasteiger charge is -2.09. The summed E-state index contributed by atoms with van der Waals surface area (Å²) in [4.78, 5) is 4.61. The summed E-state index contributed by atoms with van der Waals surface area (Å²) in [5, 5.41) is 14.9. The second-order valence-corrected chi connectivity index (χ2v) is 2.06. The Hall–Kier alpha value is -0.160. The average molecular weight is 150 g/mol. The van der Waals surface area contributed by atoms with Crippen LogP contribution in [0.25, 0.3) is 0 Å². The van der Waals surface area contributed by atoms with Crippen LogP contribution in [0.5, 0.6) is 0 Å². The lowest BCUT2D eigenvalue weighted by atomic mass is 10.2. The second kappa shape index (κ2) is 6.95. The van der Waals surface area contributed by atoms with Gasteiger partial charge in [-0.25, -0.2) is 10.1 Å². The zero-order chi connectivity index (χ0) is 7.82. The molecule has 4 nitrogen and oxygen atoms in total. The van der Waals surface area contributed by atoms with Gasteiger partial charge in [-0.2, -0.15) is 0 Å². The van der Waals surface area contributed by atoms with Gasteiger partial charge in [0, 0.05) is 0 Å². The molecule has 0 aromatic rings. The Morgan fingerprint density at radius 2 is 2.10 bits per heavy atom. The highest BCUT2D eigenvalue weighted by Gasteiger charge is 2.05. The van der Waals surface area contributed by atoms with Gasteiger partial charge in [-0.1, -0.05) is 20.3 Å². The van der Waals surface area contributed by atoms with Crippen LogP contribution in [0.15, 0.2) is 0 Å². The quantitative estimate of drug-likeness (QED) is 0.464. The van der Waals surface area contributed by atoms with Crippen molar-refractivity contribution in [3.63, 3.8) is 0 Å². The highest BCUT2D eigenvalue weighted by atomic mass is 17.6. The van der Waals surface area contributed by atoms with E-state index >= 15 is 0 Å². The summed E-state index contributed by atoms with van der Waals surface area (Å²) in [5.41, 5.74) is 0. The van der Waals surface area contributed by atoms with E-state index in [0.717, 1.165) is 19.3 Å². The van der Waals surface area contributed by atoms with Crippen LogP contribution in [-0.2, 0) is 15.0 Å². The average Bonchev–Trinajstić information content (AvgIpc) is 1.98. The molecule has 0 fully saturated rings. The van der Waals surface area contributed by atoms with Crippen LogP contribution in [0.1, 0.15) is 33.1 Å². The third-order valence-electron chi connectivity index (χ3n) is 1.27. The number of rotatable bonds is 6. The van der Waals surface area contributed by atoms with E-state index in [-0.39, 0.29) is 6.10 Å². The van der Waals surface area contributed by atoms with Crippen molar-refractivity contribution in [1.82, 2.24) is 0 Å². The fourth-order valence-corrected chi connectivity index (χ4v) is 0.715. The fourth-order valence-electron chi connectivity index (χ4n) is 0.715. The molecule has 1 atom stereocenters. The van der Waals surface area contributed by atoms with Crippen LogP contribution in [0.3, 0.4) is 0 Å². The van der Waals surface area contributed by atoms with Crippen molar-refractivity contribution in [3.05, 3.63) is 0 Å². The van der Waals surface area contributed by atoms with Crippen molar-refractivity contribution in [1.29, 1.82) is 0 Å². The lowest BCUT2D eigenvalue weighted by Crippen LogP contribution is -2.11. The molecular weight excluding hydrogens is 136 g/mol. The zero-order valence-electron chi connectivity index (χ0n) is 6.37. The Balaban J connectivity index is 3.21. The summed E-state index contributed by atoms with van der Waals surface area (Å²) in [7, 11) is 0. The first-order valence-corrected chi connectivity index (χ1v) is 3.48. The molecule has 0 heterocycles. The number of hydrogen-bond donors (Lipinski definition) is 1. The van der Waals surface area contributed by atoms with E-state index in [9.17, 15) is 0 Å². The summed E-state index contributed by atoms with van der Waals surface area (Å²) in [6, 6.07) is 0.